The van der Waals surface area contributed by atoms with Crippen molar-refractivity contribution in [2.24, 2.45) is 0 Å². The Morgan fingerprint density at radius 2 is 1.88 bits per heavy atom. The number of aryl methyl sites for hydroxylation is 1. The molecule has 0 unspecified atom stereocenters. The summed E-state index contributed by atoms with van der Waals surface area (Å²) in [5.74, 6) is -0.156. The maximum Gasteiger partial charge on any atom is 0.266 e. The Hall–Kier alpha value is -3.38. The van der Waals surface area contributed by atoms with Crippen molar-refractivity contribution >= 4 is 11.6 Å². The van der Waals surface area contributed by atoms with Gasteiger partial charge in [0.05, 0.1) is 12.5 Å². The van der Waals surface area contributed by atoms with Crippen LogP contribution in [0.15, 0.2) is 29.1 Å². The lowest BCUT2D eigenvalue weighted by Crippen LogP contribution is -2.18. The smallest absolute Gasteiger partial charge is 0.266 e. The van der Waals surface area contributed by atoms with Crippen LogP contribution in [0.25, 0.3) is 0 Å². The number of aromatic nitrogens is 1. The van der Waals surface area contributed by atoms with Crippen LogP contribution in [0.4, 0.5) is 5.69 Å². The number of nitrogens with one attached hydrogen (secondary N) is 2. The van der Waals surface area contributed by atoms with E-state index in [1.165, 1.54) is 0 Å². The molecule has 0 fully saturated rings. The summed E-state index contributed by atoms with van der Waals surface area (Å²) in [6, 6.07) is 11.1. The summed E-state index contributed by atoms with van der Waals surface area (Å²) in [5.41, 5.74) is 3.36. The van der Waals surface area contributed by atoms with Gasteiger partial charge in [-0.15, -0.1) is 0 Å². The highest BCUT2D eigenvalue weighted by Crippen LogP contribution is 2.16. The molecule has 0 saturated heterocycles. The van der Waals surface area contributed by atoms with E-state index in [4.69, 9.17) is 10.5 Å². The van der Waals surface area contributed by atoms with E-state index in [1.54, 1.807) is 38.1 Å². The number of carbonyl (C=O) groups is 1. The lowest BCUT2D eigenvalue weighted by Gasteiger charge is -2.11. The third-order valence-corrected chi connectivity index (χ3v) is 4.04. The standard InChI is InChI=1S/C19H18N4O2/c1-12-16(13(2)22-19(25)17(12)11-21)7-8-18(24)23-15-5-3-14(4-6-15)9-10-20/h3-6H,7-9H2,1-2H3,(H,22,25)(H,23,24). The summed E-state index contributed by atoms with van der Waals surface area (Å²) < 4.78 is 0. The third-order valence-electron chi connectivity index (χ3n) is 4.04. The van der Waals surface area contributed by atoms with Gasteiger partial charge in [0.2, 0.25) is 5.91 Å². The van der Waals surface area contributed by atoms with Crippen LogP contribution in [0, 0.1) is 36.5 Å². The second-order valence-corrected chi connectivity index (χ2v) is 5.75. The van der Waals surface area contributed by atoms with Crippen molar-refractivity contribution in [2.45, 2.75) is 33.1 Å². The predicted molar refractivity (Wildman–Crippen MR) is 94.0 cm³/mol. The number of anilines is 1. The van der Waals surface area contributed by atoms with Crippen molar-refractivity contribution in [1.82, 2.24) is 4.98 Å². The highest BCUT2D eigenvalue weighted by Gasteiger charge is 2.13. The lowest BCUT2D eigenvalue weighted by atomic mass is 9.99. The van der Waals surface area contributed by atoms with Crippen LogP contribution >= 0.6 is 0 Å². The van der Waals surface area contributed by atoms with Gasteiger partial charge >= 0.3 is 0 Å². The molecule has 1 amide bonds. The van der Waals surface area contributed by atoms with Gasteiger partial charge in [-0.25, -0.2) is 0 Å². The Morgan fingerprint density at radius 1 is 1.20 bits per heavy atom. The van der Waals surface area contributed by atoms with Crippen LogP contribution in [-0.2, 0) is 17.6 Å². The molecule has 2 aromatic rings. The van der Waals surface area contributed by atoms with E-state index in [-0.39, 0.29) is 17.9 Å². The Labute approximate surface area is 145 Å². The fourth-order valence-electron chi connectivity index (χ4n) is 2.68. The molecule has 2 rings (SSSR count). The molecule has 0 bridgehead atoms. The molecule has 0 radical (unpaired) electrons. The van der Waals surface area contributed by atoms with Gasteiger partial charge in [-0.05, 0) is 49.1 Å². The topological polar surface area (TPSA) is 110 Å². The number of amides is 1. The number of carbonyl (C=O) groups excluding carboxylic acids is 1. The highest BCUT2D eigenvalue weighted by atomic mass is 16.1. The molecule has 2 N–H and O–H groups in total. The first kappa shape index (κ1) is 18.0. The SMILES string of the molecule is Cc1[nH]c(=O)c(C#N)c(C)c1CCC(=O)Nc1ccc(CC#N)cc1. The molecule has 126 valence electrons. The van der Waals surface area contributed by atoms with E-state index in [2.05, 4.69) is 16.4 Å². The van der Waals surface area contributed by atoms with Crippen molar-refractivity contribution in [1.29, 1.82) is 10.5 Å². The molecule has 1 aromatic heterocycles. The Kier molecular flexibility index (Phi) is 5.71. The fourth-order valence-corrected chi connectivity index (χ4v) is 2.68. The van der Waals surface area contributed by atoms with Gasteiger partial charge in [-0.1, -0.05) is 12.1 Å². The zero-order valence-electron chi connectivity index (χ0n) is 14.1. The number of nitrogens with zero attached hydrogens (tertiary/aromatic N) is 2. The molecule has 0 spiro atoms. The molecule has 25 heavy (non-hydrogen) atoms. The summed E-state index contributed by atoms with van der Waals surface area (Å²) in [6.07, 6.45) is 1.00. The number of rotatable bonds is 5. The predicted octanol–water partition coefficient (Wildman–Crippen LogP) is 2.50. The number of aromatic amines is 1. The third kappa shape index (κ3) is 4.33. The first-order valence-corrected chi connectivity index (χ1v) is 7.84. The zero-order chi connectivity index (χ0) is 18.4. The maximum atomic E-state index is 12.1. The average Bonchev–Trinajstić information content (AvgIpc) is 2.56. The van der Waals surface area contributed by atoms with Gasteiger partial charge in [0.1, 0.15) is 11.6 Å². The molecular formula is C19H18N4O2. The number of benzene rings is 1. The molecule has 1 heterocycles. The maximum absolute atomic E-state index is 12.1. The second kappa shape index (κ2) is 7.94. The fraction of sp³-hybridized carbons (Fsp3) is 0.263. The van der Waals surface area contributed by atoms with Crippen LogP contribution in [0.1, 0.15) is 34.4 Å². The van der Waals surface area contributed by atoms with E-state index >= 15 is 0 Å². The molecule has 6 heteroatoms. The van der Waals surface area contributed by atoms with Gasteiger partial charge < -0.3 is 10.3 Å². The van der Waals surface area contributed by atoms with Crippen molar-refractivity contribution in [3.63, 3.8) is 0 Å². The highest BCUT2D eigenvalue weighted by molar-refractivity contribution is 5.90. The molecule has 6 nitrogen and oxygen atoms in total. The zero-order valence-corrected chi connectivity index (χ0v) is 14.1. The molecule has 0 aliphatic rings. The summed E-state index contributed by atoms with van der Waals surface area (Å²) >= 11 is 0. The summed E-state index contributed by atoms with van der Waals surface area (Å²) in [5, 5.41) is 20.5. The number of hydrogen-bond acceptors (Lipinski definition) is 4. The van der Waals surface area contributed by atoms with E-state index < -0.39 is 5.56 Å². The van der Waals surface area contributed by atoms with Gasteiger partial charge in [0, 0.05) is 17.8 Å². The van der Waals surface area contributed by atoms with Crippen LogP contribution in [0.5, 0.6) is 0 Å². The Morgan fingerprint density at radius 3 is 2.48 bits per heavy atom. The van der Waals surface area contributed by atoms with Gasteiger partial charge in [0.25, 0.3) is 5.56 Å². The largest absolute Gasteiger partial charge is 0.326 e. The number of nitriles is 2. The van der Waals surface area contributed by atoms with Crippen LogP contribution in [0.3, 0.4) is 0 Å². The van der Waals surface area contributed by atoms with E-state index in [1.807, 2.05) is 6.07 Å². The first-order chi connectivity index (χ1) is 12.0. The van der Waals surface area contributed by atoms with Crippen LogP contribution in [-0.4, -0.2) is 10.9 Å². The molecule has 0 aliphatic heterocycles. The van der Waals surface area contributed by atoms with E-state index in [9.17, 15) is 9.59 Å². The summed E-state index contributed by atoms with van der Waals surface area (Å²) in [4.78, 5) is 26.5. The van der Waals surface area contributed by atoms with Gasteiger partial charge in [-0.3, -0.25) is 9.59 Å². The first-order valence-electron chi connectivity index (χ1n) is 7.84. The van der Waals surface area contributed by atoms with E-state index in [0.29, 0.717) is 29.8 Å². The monoisotopic (exact) mass is 334 g/mol. The normalized spacial score (nSPS) is 9.92. The van der Waals surface area contributed by atoms with Crippen molar-refractivity contribution < 1.29 is 4.79 Å². The van der Waals surface area contributed by atoms with Crippen molar-refractivity contribution in [3.05, 3.63) is 62.6 Å². The minimum atomic E-state index is -0.400. The summed E-state index contributed by atoms with van der Waals surface area (Å²) in [6.45, 7) is 3.48. The molecule has 0 saturated carbocycles. The quantitative estimate of drug-likeness (QED) is 0.875. The number of hydrogen-bond donors (Lipinski definition) is 2. The molecule has 0 atom stereocenters. The minimum absolute atomic E-state index is 0.0917. The van der Waals surface area contributed by atoms with Gasteiger partial charge in [0.15, 0.2) is 0 Å². The number of H-pyrrole nitrogens is 1. The Bertz CT molecular complexity index is 928. The summed E-state index contributed by atoms with van der Waals surface area (Å²) in [7, 11) is 0. The van der Waals surface area contributed by atoms with Crippen molar-refractivity contribution in [2.75, 3.05) is 5.32 Å². The van der Waals surface area contributed by atoms with E-state index in [0.717, 1.165) is 11.1 Å². The van der Waals surface area contributed by atoms with Crippen LogP contribution < -0.4 is 10.9 Å². The van der Waals surface area contributed by atoms with Crippen LogP contribution in [0.2, 0.25) is 0 Å². The van der Waals surface area contributed by atoms with Gasteiger partial charge in [-0.2, -0.15) is 10.5 Å². The van der Waals surface area contributed by atoms with Crippen molar-refractivity contribution in [3.8, 4) is 12.1 Å². The minimum Gasteiger partial charge on any atom is -0.326 e. The molecule has 1 aromatic carbocycles. The Balaban J connectivity index is 2.04. The molecule has 0 aliphatic carbocycles. The molecular weight excluding hydrogens is 316 g/mol. The second-order valence-electron chi connectivity index (χ2n) is 5.75. The average molecular weight is 334 g/mol. The number of pyridine rings is 1. The lowest BCUT2D eigenvalue weighted by molar-refractivity contribution is -0.116.